The molecule has 1 saturated carbocycles. The maximum Gasteiger partial charge on any atom is 0.244 e. The predicted molar refractivity (Wildman–Crippen MR) is 78.6 cm³/mol. The number of hydrogen-bond acceptors (Lipinski definition) is 4. The Hall–Kier alpha value is -0.430. The molecular weight excluding hydrogens is 280 g/mol. The monoisotopic (exact) mass is 302 g/mol. The minimum absolute atomic E-state index is 0.115. The van der Waals surface area contributed by atoms with Gasteiger partial charge < -0.3 is 5.73 Å². The van der Waals surface area contributed by atoms with E-state index in [9.17, 15) is 8.42 Å². The highest BCUT2D eigenvalue weighted by Crippen LogP contribution is 2.32. The zero-order chi connectivity index (χ0) is 14.0. The van der Waals surface area contributed by atoms with Crippen LogP contribution in [0, 0.1) is 5.92 Å². The highest BCUT2D eigenvalue weighted by molar-refractivity contribution is 7.89. The number of rotatable bonds is 4. The maximum atomic E-state index is 12.7. The minimum atomic E-state index is -3.41. The van der Waals surface area contributed by atoms with E-state index in [4.69, 9.17) is 5.73 Å². The molecule has 0 aromatic carbocycles. The SMILES string of the molecule is CC1CCCCC1N(C)S(=O)(=O)c1ccsc1CN. The van der Waals surface area contributed by atoms with E-state index in [1.165, 1.54) is 17.8 Å². The molecule has 1 aliphatic carbocycles. The quantitative estimate of drug-likeness (QED) is 0.929. The van der Waals surface area contributed by atoms with Gasteiger partial charge in [0.15, 0.2) is 0 Å². The molecule has 0 saturated heterocycles. The van der Waals surface area contributed by atoms with Crippen molar-refractivity contribution >= 4 is 21.4 Å². The average Bonchev–Trinajstić information content (AvgIpc) is 2.87. The summed E-state index contributed by atoms with van der Waals surface area (Å²) in [7, 11) is -1.70. The van der Waals surface area contributed by atoms with Crippen LogP contribution >= 0.6 is 11.3 Å². The van der Waals surface area contributed by atoms with Gasteiger partial charge in [-0.25, -0.2) is 8.42 Å². The van der Waals surface area contributed by atoms with Crippen molar-refractivity contribution in [1.29, 1.82) is 0 Å². The molecular formula is C13H22N2O2S2. The fraction of sp³-hybridized carbons (Fsp3) is 0.692. The highest BCUT2D eigenvalue weighted by Gasteiger charge is 2.34. The molecule has 0 radical (unpaired) electrons. The molecule has 4 nitrogen and oxygen atoms in total. The van der Waals surface area contributed by atoms with Crippen LogP contribution in [0.25, 0.3) is 0 Å². The van der Waals surface area contributed by atoms with Gasteiger partial charge in [-0.3, -0.25) is 0 Å². The first-order valence-corrected chi connectivity index (χ1v) is 9.05. The maximum absolute atomic E-state index is 12.7. The molecule has 2 atom stereocenters. The van der Waals surface area contributed by atoms with Gasteiger partial charge in [0.2, 0.25) is 10.0 Å². The summed E-state index contributed by atoms with van der Waals surface area (Å²) in [6.45, 7) is 2.42. The summed E-state index contributed by atoms with van der Waals surface area (Å²) in [4.78, 5) is 1.13. The summed E-state index contributed by atoms with van der Waals surface area (Å²) in [5.74, 6) is 0.425. The van der Waals surface area contributed by atoms with Crippen molar-refractivity contribution in [2.45, 2.75) is 50.1 Å². The molecule has 1 heterocycles. The van der Waals surface area contributed by atoms with Gasteiger partial charge in [0, 0.05) is 24.5 Å². The van der Waals surface area contributed by atoms with Crippen LogP contribution in [0.2, 0.25) is 0 Å². The Balaban J connectivity index is 2.28. The van der Waals surface area contributed by atoms with Gasteiger partial charge in [-0.1, -0.05) is 19.8 Å². The Kier molecular flexibility index (Phi) is 4.66. The lowest BCUT2D eigenvalue weighted by Gasteiger charge is -2.35. The normalized spacial score (nSPS) is 24.8. The molecule has 0 amide bonds. The standard InChI is InChI=1S/C13H22N2O2S2/c1-10-5-3-4-6-11(10)15(2)19(16,17)13-7-8-18-12(13)9-14/h7-8,10-11H,3-6,9,14H2,1-2H3. The second-order valence-electron chi connectivity index (χ2n) is 5.26. The Morgan fingerprint density at radius 2 is 2.11 bits per heavy atom. The van der Waals surface area contributed by atoms with Crippen LogP contribution in [-0.4, -0.2) is 25.8 Å². The van der Waals surface area contributed by atoms with Crippen molar-refractivity contribution in [2.75, 3.05) is 7.05 Å². The topological polar surface area (TPSA) is 63.4 Å². The molecule has 0 aliphatic heterocycles. The number of hydrogen-bond donors (Lipinski definition) is 1. The number of nitrogens with two attached hydrogens (primary N) is 1. The van der Waals surface area contributed by atoms with E-state index in [-0.39, 0.29) is 12.6 Å². The zero-order valence-corrected chi connectivity index (χ0v) is 13.1. The predicted octanol–water partition coefficient (Wildman–Crippen LogP) is 2.41. The molecule has 19 heavy (non-hydrogen) atoms. The third-order valence-corrected chi connectivity index (χ3v) is 7.12. The van der Waals surface area contributed by atoms with E-state index in [2.05, 4.69) is 6.92 Å². The first-order chi connectivity index (χ1) is 8.98. The first-order valence-electron chi connectivity index (χ1n) is 6.73. The third-order valence-electron chi connectivity index (χ3n) is 4.08. The smallest absolute Gasteiger partial charge is 0.244 e. The molecule has 1 fully saturated rings. The van der Waals surface area contributed by atoms with Crippen molar-refractivity contribution in [3.63, 3.8) is 0 Å². The van der Waals surface area contributed by atoms with E-state index in [0.29, 0.717) is 10.8 Å². The second kappa shape index (κ2) is 5.91. The van der Waals surface area contributed by atoms with Gasteiger partial charge >= 0.3 is 0 Å². The molecule has 0 spiro atoms. The van der Waals surface area contributed by atoms with Crippen LogP contribution in [0.1, 0.15) is 37.5 Å². The number of thiophene rings is 1. The molecule has 1 aliphatic rings. The average molecular weight is 302 g/mol. The van der Waals surface area contributed by atoms with E-state index in [0.717, 1.165) is 24.1 Å². The van der Waals surface area contributed by atoms with Crippen molar-refractivity contribution in [1.82, 2.24) is 4.31 Å². The molecule has 1 aromatic rings. The lowest BCUT2D eigenvalue weighted by atomic mass is 9.86. The summed E-state index contributed by atoms with van der Waals surface area (Å²) in [6, 6.07) is 1.79. The van der Waals surface area contributed by atoms with Gasteiger partial charge in [0.05, 0.1) is 4.90 Å². The first kappa shape index (κ1) is 15.0. The van der Waals surface area contributed by atoms with Crippen LogP contribution in [0.5, 0.6) is 0 Å². The van der Waals surface area contributed by atoms with Crippen LogP contribution in [0.15, 0.2) is 16.3 Å². The fourth-order valence-electron chi connectivity index (χ4n) is 2.88. The van der Waals surface area contributed by atoms with Gasteiger partial charge in [-0.15, -0.1) is 11.3 Å². The van der Waals surface area contributed by atoms with Gasteiger partial charge in [0.25, 0.3) is 0 Å². The van der Waals surface area contributed by atoms with Crippen molar-refractivity contribution < 1.29 is 8.42 Å². The van der Waals surface area contributed by atoms with Gasteiger partial charge in [-0.2, -0.15) is 4.31 Å². The Morgan fingerprint density at radius 1 is 1.42 bits per heavy atom. The Labute approximate surface area is 119 Å². The van der Waals surface area contributed by atoms with Crippen LogP contribution in [0.3, 0.4) is 0 Å². The van der Waals surface area contributed by atoms with Crippen LogP contribution < -0.4 is 5.73 Å². The summed E-state index contributed by atoms with van der Waals surface area (Å²) in [5.41, 5.74) is 5.63. The second-order valence-corrected chi connectivity index (χ2v) is 8.23. The van der Waals surface area contributed by atoms with Crippen LogP contribution in [-0.2, 0) is 16.6 Å². The highest BCUT2D eigenvalue weighted by atomic mass is 32.2. The third kappa shape index (κ3) is 2.86. The zero-order valence-electron chi connectivity index (χ0n) is 11.5. The molecule has 2 N–H and O–H groups in total. The van der Waals surface area contributed by atoms with E-state index < -0.39 is 10.0 Å². The van der Waals surface area contributed by atoms with E-state index in [1.54, 1.807) is 22.8 Å². The number of nitrogens with zero attached hydrogens (tertiary/aromatic N) is 1. The Morgan fingerprint density at radius 3 is 2.74 bits per heavy atom. The molecule has 0 bridgehead atoms. The largest absolute Gasteiger partial charge is 0.326 e. The van der Waals surface area contributed by atoms with Crippen molar-refractivity contribution in [2.24, 2.45) is 11.7 Å². The number of sulfonamides is 1. The summed E-state index contributed by atoms with van der Waals surface area (Å²) < 4.78 is 27.0. The molecule has 1 aromatic heterocycles. The lowest BCUT2D eigenvalue weighted by molar-refractivity contribution is 0.213. The van der Waals surface area contributed by atoms with Crippen molar-refractivity contribution in [3.8, 4) is 0 Å². The molecule has 2 rings (SSSR count). The lowest BCUT2D eigenvalue weighted by Crippen LogP contribution is -2.42. The summed E-state index contributed by atoms with van der Waals surface area (Å²) in [6.07, 6.45) is 4.39. The van der Waals surface area contributed by atoms with Gasteiger partial charge in [-0.05, 0) is 30.2 Å². The Bertz CT molecular complexity index is 525. The molecule has 6 heteroatoms. The molecule has 2 unspecified atom stereocenters. The van der Waals surface area contributed by atoms with E-state index >= 15 is 0 Å². The van der Waals surface area contributed by atoms with Crippen molar-refractivity contribution in [3.05, 3.63) is 16.3 Å². The minimum Gasteiger partial charge on any atom is -0.326 e. The summed E-state index contributed by atoms with van der Waals surface area (Å²) >= 11 is 1.41. The van der Waals surface area contributed by atoms with E-state index in [1.807, 2.05) is 0 Å². The van der Waals surface area contributed by atoms with Gasteiger partial charge in [0.1, 0.15) is 0 Å². The molecule has 108 valence electrons. The fourth-order valence-corrected chi connectivity index (χ4v) is 5.66. The van der Waals surface area contributed by atoms with Crippen LogP contribution in [0.4, 0.5) is 0 Å². The summed E-state index contributed by atoms with van der Waals surface area (Å²) in [5, 5.41) is 1.80.